The van der Waals surface area contributed by atoms with Crippen molar-refractivity contribution in [1.82, 2.24) is 15.2 Å². The minimum atomic E-state index is 0. The molecule has 1 aromatic heterocycles. The second-order valence-corrected chi connectivity index (χ2v) is 8.38. The van der Waals surface area contributed by atoms with Crippen molar-refractivity contribution in [1.29, 1.82) is 0 Å². The molecular weight excluding hydrogens is 427 g/mol. The number of aliphatic imine (C=N–C) groups is 1. The van der Waals surface area contributed by atoms with Crippen molar-refractivity contribution in [2.24, 2.45) is 10.9 Å². The predicted octanol–water partition coefficient (Wildman–Crippen LogP) is 3.53. The van der Waals surface area contributed by atoms with Crippen LogP contribution in [0.2, 0.25) is 0 Å². The van der Waals surface area contributed by atoms with Crippen molar-refractivity contribution in [3.05, 3.63) is 15.6 Å². The maximum absolute atomic E-state index is 4.58. The van der Waals surface area contributed by atoms with Crippen LogP contribution in [0.3, 0.4) is 0 Å². The van der Waals surface area contributed by atoms with Crippen molar-refractivity contribution in [3.8, 4) is 0 Å². The average molecular weight is 454 g/mol. The highest BCUT2D eigenvalue weighted by Crippen LogP contribution is 2.25. The molecule has 7 heteroatoms. The zero-order valence-electron chi connectivity index (χ0n) is 14.0. The lowest BCUT2D eigenvalue weighted by Gasteiger charge is -2.36. The monoisotopic (exact) mass is 454 g/mol. The van der Waals surface area contributed by atoms with Gasteiger partial charge in [-0.1, -0.05) is 13.8 Å². The number of rotatable bonds is 3. The van der Waals surface area contributed by atoms with Gasteiger partial charge in [-0.15, -0.1) is 35.3 Å². The van der Waals surface area contributed by atoms with E-state index in [1.807, 2.05) is 7.05 Å². The lowest BCUT2D eigenvalue weighted by molar-refractivity contribution is 0.380. The summed E-state index contributed by atoms with van der Waals surface area (Å²) in [5, 5.41) is 5.30. The van der Waals surface area contributed by atoms with Gasteiger partial charge in [0.1, 0.15) is 5.01 Å². The Kier molecular flexibility index (Phi) is 8.48. The molecule has 2 heterocycles. The summed E-state index contributed by atoms with van der Waals surface area (Å²) in [6.07, 6.45) is 0. The molecule has 126 valence electrons. The van der Waals surface area contributed by atoms with E-state index in [0.717, 1.165) is 36.3 Å². The second-order valence-electron chi connectivity index (χ2n) is 5.75. The van der Waals surface area contributed by atoms with Crippen molar-refractivity contribution in [2.45, 2.75) is 39.5 Å². The van der Waals surface area contributed by atoms with E-state index >= 15 is 0 Å². The third-order valence-electron chi connectivity index (χ3n) is 3.82. The number of aryl methyl sites for hydroxylation is 2. The molecule has 1 atom stereocenters. The summed E-state index contributed by atoms with van der Waals surface area (Å²) >= 11 is 3.86. The first-order valence-electron chi connectivity index (χ1n) is 7.51. The first-order chi connectivity index (χ1) is 10.0. The number of guanidine groups is 1. The van der Waals surface area contributed by atoms with Gasteiger partial charge in [-0.05, 0) is 19.8 Å². The van der Waals surface area contributed by atoms with E-state index in [9.17, 15) is 0 Å². The Morgan fingerprint density at radius 1 is 1.45 bits per heavy atom. The SMILES string of the molecule is CN=C(NCc1nc(C)c(C)s1)N1CCSC(C(C)C)C1.I. The summed E-state index contributed by atoms with van der Waals surface area (Å²) in [4.78, 5) is 12.7. The molecule has 0 bridgehead atoms. The van der Waals surface area contributed by atoms with Gasteiger partial charge < -0.3 is 10.2 Å². The largest absolute Gasteiger partial charge is 0.350 e. The topological polar surface area (TPSA) is 40.5 Å². The molecule has 0 radical (unpaired) electrons. The third kappa shape index (κ3) is 5.26. The number of hydrogen-bond donors (Lipinski definition) is 1. The number of hydrogen-bond acceptors (Lipinski definition) is 4. The number of nitrogens with zero attached hydrogens (tertiary/aromatic N) is 3. The van der Waals surface area contributed by atoms with Crippen LogP contribution in [0.5, 0.6) is 0 Å². The van der Waals surface area contributed by atoms with Crippen LogP contribution >= 0.6 is 47.1 Å². The van der Waals surface area contributed by atoms with Gasteiger partial charge in [-0.25, -0.2) is 4.98 Å². The fourth-order valence-corrected chi connectivity index (χ4v) is 4.55. The molecule has 0 amide bonds. The van der Waals surface area contributed by atoms with Gasteiger partial charge in [0.2, 0.25) is 0 Å². The highest BCUT2D eigenvalue weighted by atomic mass is 127. The smallest absolute Gasteiger partial charge is 0.194 e. The third-order valence-corrected chi connectivity index (χ3v) is 6.43. The molecule has 1 unspecified atom stereocenters. The van der Waals surface area contributed by atoms with Crippen LogP contribution in [0.1, 0.15) is 29.4 Å². The Balaban J connectivity index is 0.00000242. The fraction of sp³-hybridized carbons (Fsp3) is 0.733. The molecule has 1 aliphatic rings. The standard InChI is InChI=1S/C15H26N4S2.HI/c1-10(2)13-9-19(6-7-20-13)15(16-5)17-8-14-18-11(3)12(4)21-14;/h10,13H,6-9H2,1-5H3,(H,16,17);1H. The van der Waals surface area contributed by atoms with Crippen molar-refractivity contribution in [3.63, 3.8) is 0 Å². The Bertz CT molecular complexity index is 482. The van der Waals surface area contributed by atoms with E-state index < -0.39 is 0 Å². The molecule has 1 saturated heterocycles. The van der Waals surface area contributed by atoms with E-state index in [-0.39, 0.29) is 24.0 Å². The van der Waals surface area contributed by atoms with Crippen LogP contribution in [0, 0.1) is 19.8 Å². The Morgan fingerprint density at radius 2 is 2.18 bits per heavy atom. The number of aromatic nitrogens is 1. The molecular formula is C15H27IN4S2. The molecule has 4 nitrogen and oxygen atoms in total. The zero-order valence-corrected chi connectivity index (χ0v) is 18.0. The molecule has 0 spiro atoms. The summed E-state index contributed by atoms with van der Waals surface area (Å²) in [6, 6.07) is 0. The molecule has 2 rings (SSSR count). The minimum absolute atomic E-state index is 0. The van der Waals surface area contributed by atoms with Crippen molar-refractivity contribution in [2.75, 3.05) is 25.9 Å². The summed E-state index contributed by atoms with van der Waals surface area (Å²) in [6.45, 7) is 11.7. The normalized spacial score (nSPS) is 19.3. The average Bonchev–Trinajstić information content (AvgIpc) is 2.79. The van der Waals surface area contributed by atoms with Crippen LogP contribution in [0.4, 0.5) is 0 Å². The summed E-state index contributed by atoms with van der Waals surface area (Å²) < 4.78 is 0. The number of thioether (sulfide) groups is 1. The van der Waals surface area contributed by atoms with Crippen LogP contribution in [-0.4, -0.2) is 47.0 Å². The summed E-state index contributed by atoms with van der Waals surface area (Å²) in [7, 11) is 1.87. The zero-order chi connectivity index (χ0) is 15.4. The van der Waals surface area contributed by atoms with Gasteiger partial charge in [-0.2, -0.15) is 11.8 Å². The first-order valence-corrected chi connectivity index (χ1v) is 9.38. The number of nitrogens with one attached hydrogen (secondary N) is 1. The minimum Gasteiger partial charge on any atom is -0.350 e. The highest BCUT2D eigenvalue weighted by Gasteiger charge is 2.24. The molecule has 0 aliphatic carbocycles. The van der Waals surface area contributed by atoms with Crippen LogP contribution in [-0.2, 0) is 6.54 Å². The number of halogens is 1. The summed E-state index contributed by atoms with van der Waals surface area (Å²) in [5.41, 5.74) is 1.14. The van der Waals surface area contributed by atoms with E-state index in [1.54, 1.807) is 11.3 Å². The number of thiazole rings is 1. The Hall–Kier alpha value is -0.0200. The van der Waals surface area contributed by atoms with E-state index in [0.29, 0.717) is 11.2 Å². The Morgan fingerprint density at radius 3 is 2.73 bits per heavy atom. The maximum Gasteiger partial charge on any atom is 0.194 e. The highest BCUT2D eigenvalue weighted by molar-refractivity contribution is 14.0. The fourth-order valence-electron chi connectivity index (χ4n) is 2.37. The van der Waals surface area contributed by atoms with Gasteiger partial charge in [0.25, 0.3) is 0 Å². The van der Waals surface area contributed by atoms with E-state index in [2.05, 4.69) is 59.6 Å². The van der Waals surface area contributed by atoms with E-state index in [4.69, 9.17) is 0 Å². The van der Waals surface area contributed by atoms with Gasteiger partial charge in [0.05, 0.1) is 12.2 Å². The van der Waals surface area contributed by atoms with Gasteiger partial charge in [0.15, 0.2) is 5.96 Å². The van der Waals surface area contributed by atoms with Crippen molar-refractivity contribution >= 4 is 53.0 Å². The van der Waals surface area contributed by atoms with Crippen molar-refractivity contribution < 1.29 is 0 Å². The van der Waals surface area contributed by atoms with Crippen LogP contribution in [0.15, 0.2) is 4.99 Å². The van der Waals surface area contributed by atoms with Gasteiger partial charge in [-0.3, -0.25) is 4.99 Å². The second kappa shape index (κ2) is 9.32. The van der Waals surface area contributed by atoms with Crippen LogP contribution < -0.4 is 5.32 Å². The lowest BCUT2D eigenvalue weighted by atomic mass is 10.1. The van der Waals surface area contributed by atoms with Crippen LogP contribution in [0.25, 0.3) is 0 Å². The van der Waals surface area contributed by atoms with Gasteiger partial charge >= 0.3 is 0 Å². The molecule has 1 aliphatic heterocycles. The molecule has 0 saturated carbocycles. The molecule has 0 aromatic carbocycles. The Labute approximate surface area is 159 Å². The quantitative estimate of drug-likeness (QED) is 0.431. The molecule has 1 aromatic rings. The maximum atomic E-state index is 4.58. The predicted molar refractivity (Wildman–Crippen MR) is 110 cm³/mol. The van der Waals surface area contributed by atoms with E-state index in [1.165, 1.54) is 10.6 Å². The lowest BCUT2D eigenvalue weighted by Crippen LogP contribution is -2.48. The molecule has 1 fully saturated rings. The molecule has 22 heavy (non-hydrogen) atoms. The summed E-state index contributed by atoms with van der Waals surface area (Å²) in [5.74, 6) is 2.89. The van der Waals surface area contributed by atoms with Gasteiger partial charge in [0, 0.05) is 36.0 Å². The molecule has 1 N–H and O–H groups in total. The first kappa shape index (κ1) is 20.0.